The van der Waals surface area contributed by atoms with E-state index in [9.17, 15) is 9.59 Å². The molecule has 5 nitrogen and oxygen atoms in total. The van der Waals surface area contributed by atoms with Crippen LogP contribution in [-0.2, 0) is 0 Å². The summed E-state index contributed by atoms with van der Waals surface area (Å²) in [6.45, 7) is 5.85. The van der Waals surface area contributed by atoms with Crippen molar-refractivity contribution in [3.05, 3.63) is 52.4 Å². The van der Waals surface area contributed by atoms with Gasteiger partial charge in [0.1, 0.15) is 0 Å². The smallest absolute Gasteiger partial charge is 0.293 e. The molecule has 0 radical (unpaired) electrons. The standard InChI is InChI=1S/C20H23BrN2O3/c1-13-10-14(2)12-23(11-13)19(24)15-6-4-5-7-16(15)22(3)20(25)17-8-9-18(21)26-17/h4-9,13-14H,10-12H2,1-3H3. The third-order valence-corrected chi connectivity index (χ3v) is 5.17. The number of carbonyl (C=O) groups is 2. The zero-order valence-electron chi connectivity index (χ0n) is 15.2. The number of piperidine rings is 1. The van der Waals surface area contributed by atoms with E-state index in [1.54, 1.807) is 31.3 Å². The summed E-state index contributed by atoms with van der Waals surface area (Å²) >= 11 is 3.21. The molecule has 0 N–H and O–H groups in total. The Kier molecular flexibility index (Phi) is 5.51. The molecule has 1 aromatic heterocycles. The first kappa shape index (κ1) is 18.7. The van der Waals surface area contributed by atoms with E-state index in [0.717, 1.165) is 19.5 Å². The fraction of sp³-hybridized carbons (Fsp3) is 0.400. The van der Waals surface area contributed by atoms with Gasteiger partial charge in [-0.25, -0.2) is 0 Å². The molecule has 26 heavy (non-hydrogen) atoms. The molecule has 2 atom stereocenters. The average Bonchev–Trinajstić information content (AvgIpc) is 3.05. The number of likely N-dealkylation sites (tertiary alicyclic amines) is 1. The highest BCUT2D eigenvalue weighted by Crippen LogP contribution is 2.27. The van der Waals surface area contributed by atoms with Crippen LogP contribution in [0.25, 0.3) is 0 Å². The molecule has 1 aromatic carbocycles. The van der Waals surface area contributed by atoms with Gasteiger partial charge in [0.2, 0.25) is 0 Å². The Balaban J connectivity index is 1.88. The molecule has 2 heterocycles. The van der Waals surface area contributed by atoms with Crippen molar-refractivity contribution >= 4 is 33.4 Å². The third-order valence-electron chi connectivity index (χ3n) is 4.74. The molecule has 0 bridgehead atoms. The van der Waals surface area contributed by atoms with Gasteiger partial charge < -0.3 is 14.2 Å². The number of benzene rings is 1. The Morgan fingerprint density at radius 1 is 1.12 bits per heavy atom. The zero-order chi connectivity index (χ0) is 18.8. The maximum absolute atomic E-state index is 13.1. The monoisotopic (exact) mass is 418 g/mol. The Morgan fingerprint density at radius 3 is 2.38 bits per heavy atom. The van der Waals surface area contributed by atoms with E-state index in [4.69, 9.17) is 4.42 Å². The van der Waals surface area contributed by atoms with Crippen molar-refractivity contribution in [1.82, 2.24) is 4.90 Å². The van der Waals surface area contributed by atoms with E-state index >= 15 is 0 Å². The van der Waals surface area contributed by atoms with Crippen molar-refractivity contribution in [1.29, 1.82) is 0 Å². The lowest BCUT2D eigenvalue weighted by Gasteiger charge is -2.35. The van der Waals surface area contributed by atoms with Gasteiger partial charge in [-0.2, -0.15) is 0 Å². The van der Waals surface area contributed by atoms with Crippen molar-refractivity contribution < 1.29 is 14.0 Å². The molecular weight excluding hydrogens is 396 g/mol. The second-order valence-electron chi connectivity index (χ2n) is 7.14. The molecule has 2 amide bonds. The van der Waals surface area contributed by atoms with Crippen LogP contribution in [0.15, 0.2) is 45.5 Å². The minimum absolute atomic E-state index is 0.0284. The van der Waals surface area contributed by atoms with Gasteiger partial charge in [-0.05, 0) is 58.5 Å². The molecule has 6 heteroatoms. The summed E-state index contributed by atoms with van der Waals surface area (Å²) in [7, 11) is 1.66. The molecule has 0 aliphatic carbocycles. The van der Waals surface area contributed by atoms with E-state index in [1.807, 2.05) is 17.0 Å². The lowest BCUT2D eigenvalue weighted by molar-refractivity contribution is 0.0624. The van der Waals surface area contributed by atoms with E-state index in [1.165, 1.54) is 4.90 Å². The normalized spacial score (nSPS) is 20.1. The molecule has 1 aliphatic heterocycles. The van der Waals surface area contributed by atoms with E-state index in [0.29, 0.717) is 27.8 Å². The molecule has 2 aromatic rings. The Labute approximate surface area is 162 Å². The first-order valence-corrected chi connectivity index (χ1v) is 9.57. The number of hydrogen-bond acceptors (Lipinski definition) is 3. The molecule has 1 aliphatic rings. The summed E-state index contributed by atoms with van der Waals surface area (Å²) in [4.78, 5) is 29.2. The number of hydrogen-bond donors (Lipinski definition) is 0. The molecule has 2 unspecified atom stereocenters. The van der Waals surface area contributed by atoms with Crippen molar-refractivity contribution in [2.45, 2.75) is 20.3 Å². The maximum atomic E-state index is 13.1. The van der Waals surface area contributed by atoms with Gasteiger partial charge in [-0.3, -0.25) is 9.59 Å². The molecule has 138 valence electrons. The van der Waals surface area contributed by atoms with Crippen molar-refractivity contribution in [2.75, 3.05) is 25.0 Å². The fourth-order valence-electron chi connectivity index (χ4n) is 3.65. The van der Waals surface area contributed by atoms with Gasteiger partial charge in [-0.15, -0.1) is 0 Å². The first-order valence-electron chi connectivity index (χ1n) is 8.78. The van der Waals surface area contributed by atoms with E-state index in [-0.39, 0.29) is 17.6 Å². The lowest BCUT2D eigenvalue weighted by Crippen LogP contribution is -2.43. The quantitative estimate of drug-likeness (QED) is 0.740. The van der Waals surface area contributed by atoms with Crippen molar-refractivity contribution in [2.24, 2.45) is 11.8 Å². The zero-order valence-corrected chi connectivity index (χ0v) is 16.8. The number of furan rings is 1. The van der Waals surface area contributed by atoms with Crippen LogP contribution < -0.4 is 4.90 Å². The van der Waals surface area contributed by atoms with Crippen LogP contribution in [0.2, 0.25) is 0 Å². The largest absolute Gasteiger partial charge is 0.444 e. The molecular formula is C20H23BrN2O3. The van der Waals surface area contributed by atoms with Crippen LogP contribution in [0, 0.1) is 11.8 Å². The number of nitrogens with zero attached hydrogens (tertiary/aromatic N) is 2. The predicted octanol–water partition coefficient (Wildman–Crippen LogP) is 4.44. The van der Waals surface area contributed by atoms with Crippen LogP contribution >= 0.6 is 15.9 Å². The molecule has 1 fully saturated rings. The van der Waals surface area contributed by atoms with Gasteiger partial charge in [0.25, 0.3) is 11.8 Å². The first-order chi connectivity index (χ1) is 12.4. The number of amides is 2. The van der Waals surface area contributed by atoms with Gasteiger partial charge in [0, 0.05) is 20.1 Å². The summed E-state index contributed by atoms with van der Waals surface area (Å²) < 4.78 is 5.86. The topological polar surface area (TPSA) is 53.8 Å². The molecule has 1 saturated heterocycles. The average molecular weight is 419 g/mol. The molecule has 3 rings (SSSR count). The predicted molar refractivity (Wildman–Crippen MR) is 104 cm³/mol. The van der Waals surface area contributed by atoms with E-state index < -0.39 is 0 Å². The minimum atomic E-state index is -0.295. The van der Waals surface area contributed by atoms with Crippen molar-refractivity contribution in [3.63, 3.8) is 0 Å². The van der Waals surface area contributed by atoms with Crippen LogP contribution in [0.3, 0.4) is 0 Å². The summed E-state index contributed by atoms with van der Waals surface area (Å²) in [5.74, 6) is 0.863. The van der Waals surface area contributed by atoms with Gasteiger partial charge in [0.05, 0.1) is 11.3 Å². The second kappa shape index (κ2) is 7.66. The highest BCUT2D eigenvalue weighted by Gasteiger charge is 2.29. The number of para-hydroxylation sites is 1. The van der Waals surface area contributed by atoms with Gasteiger partial charge in [0.15, 0.2) is 10.4 Å². The lowest BCUT2D eigenvalue weighted by atomic mass is 9.91. The summed E-state index contributed by atoms with van der Waals surface area (Å²) in [6.07, 6.45) is 1.14. The third kappa shape index (κ3) is 3.85. The number of carbonyl (C=O) groups excluding carboxylic acids is 2. The van der Waals surface area contributed by atoms with E-state index in [2.05, 4.69) is 29.8 Å². The summed E-state index contributed by atoms with van der Waals surface area (Å²) in [5.41, 5.74) is 1.12. The highest BCUT2D eigenvalue weighted by atomic mass is 79.9. The Morgan fingerprint density at radius 2 is 1.77 bits per heavy atom. The molecule has 0 spiro atoms. The second-order valence-corrected chi connectivity index (χ2v) is 7.92. The maximum Gasteiger partial charge on any atom is 0.293 e. The number of rotatable bonds is 3. The van der Waals surface area contributed by atoms with Gasteiger partial charge >= 0.3 is 0 Å². The Hall–Kier alpha value is -2.08. The van der Waals surface area contributed by atoms with Crippen LogP contribution in [0.1, 0.15) is 41.2 Å². The van der Waals surface area contributed by atoms with Crippen molar-refractivity contribution in [3.8, 4) is 0 Å². The minimum Gasteiger partial charge on any atom is -0.444 e. The van der Waals surface area contributed by atoms with Gasteiger partial charge in [-0.1, -0.05) is 26.0 Å². The van der Waals surface area contributed by atoms with Crippen LogP contribution in [0.5, 0.6) is 0 Å². The van der Waals surface area contributed by atoms with Crippen LogP contribution in [0.4, 0.5) is 5.69 Å². The fourth-order valence-corrected chi connectivity index (χ4v) is 3.96. The summed E-state index contributed by atoms with van der Waals surface area (Å²) in [6, 6.07) is 10.5. The number of halogens is 1. The summed E-state index contributed by atoms with van der Waals surface area (Å²) in [5, 5.41) is 0. The number of anilines is 1. The Bertz CT molecular complexity index is 807. The molecule has 0 saturated carbocycles. The highest BCUT2D eigenvalue weighted by molar-refractivity contribution is 9.10. The van der Waals surface area contributed by atoms with Crippen LogP contribution in [-0.4, -0.2) is 36.9 Å². The SMILES string of the molecule is CC1CC(C)CN(C(=O)c2ccccc2N(C)C(=O)c2ccc(Br)o2)C1.